The topological polar surface area (TPSA) is 47.3 Å². The highest BCUT2D eigenvalue weighted by atomic mass is 16.5. The van der Waals surface area contributed by atoms with Gasteiger partial charge in [-0.1, -0.05) is 17.3 Å². The Labute approximate surface area is 113 Å². The maximum atomic E-state index is 5.86. The highest BCUT2D eigenvalue weighted by Gasteiger charge is 2.08. The standard InChI is InChI=1S/C15H20N2O2/c1-10-5-13(8-16-4)6-11(2)15(10)18-9-14-7-12(3)19-17-14/h5-7,16H,8-9H2,1-4H3. The summed E-state index contributed by atoms with van der Waals surface area (Å²) in [5, 5.41) is 7.08. The van der Waals surface area contributed by atoms with Crippen LogP contribution in [0.15, 0.2) is 22.7 Å². The summed E-state index contributed by atoms with van der Waals surface area (Å²) in [5.41, 5.74) is 4.37. The normalized spacial score (nSPS) is 10.7. The molecular formula is C15H20N2O2. The van der Waals surface area contributed by atoms with E-state index in [1.54, 1.807) is 0 Å². The highest BCUT2D eigenvalue weighted by molar-refractivity contribution is 5.43. The molecule has 102 valence electrons. The third-order valence-corrected chi connectivity index (χ3v) is 2.94. The van der Waals surface area contributed by atoms with Gasteiger partial charge in [-0.3, -0.25) is 0 Å². The summed E-state index contributed by atoms with van der Waals surface area (Å²) < 4.78 is 10.9. The van der Waals surface area contributed by atoms with Gasteiger partial charge in [-0.2, -0.15) is 0 Å². The lowest BCUT2D eigenvalue weighted by Gasteiger charge is -2.13. The van der Waals surface area contributed by atoms with Crippen LogP contribution in [0, 0.1) is 20.8 Å². The van der Waals surface area contributed by atoms with Gasteiger partial charge in [-0.15, -0.1) is 0 Å². The van der Waals surface area contributed by atoms with Crippen LogP contribution in [0.2, 0.25) is 0 Å². The minimum Gasteiger partial charge on any atom is -0.487 e. The van der Waals surface area contributed by atoms with E-state index in [9.17, 15) is 0 Å². The van der Waals surface area contributed by atoms with Crippen LogP contribution in [0.4, 0.5) is 0 Å². The SMILES string of the molecule is CNCc1cc(C)c(OCc2cc(C)on2)c(C)c1. The predicted octanol–water partition coefficient (Wildman–Crippen LogP) is 2.90. The Balaban J connectivity index is 2.11. The van der Waals surface area contributed by atoms with Gasteiger partial charge >= 0.3 is 0 Å². The van der Waals surface area contributed by atoms with Crippen molar-refractivity contribution in [2.45, 2.75) is 33.9 Å². The van der Waals surface area contributed by atoms with Crippen LogP contribution in [0.25, 0.3) is 0 Å². The van der Waals surface area contributed by atoms with Crippen molar-refractivity contribution in [3.63, 3.8) is 0 Å². The van der Waals surface area contributed by atoms with E-state index in [-0.39, 0.29) is 0 Å². The van der Waals surface area contributed by atoms with Gasteiger partial charge in [-0.05, 0) is 44.5 Å². The van der Waals surface area contributed by atoms with E-state index < -0.39 is 0 Å². The van der Waals surface area contributed by atoms with E-state index in [2.05, 4.69) is 36.5 Å². The molecule has 2 rings (SSSR count). The van der Waals surface area contributed by atoms with Crippen molar-refractivity contribution in [1.29, 1.82) is 0 Å². The van der Waals surface area contributed by atoms with E-state index in [1.165, 1.54) is 5.56 Å². The Morgan fingerprint density at radius 1 is 1.16 bits per heavy atom. The second kappa shape index (κ2) is 5.89. The number of aryl methyl sites for hydroxylation is 3. The molecule has 1 aromatic heterocycles. The lowest BCUT2D eigenvalue weighted by molar-refractivity contribution is 0.284. The average molecular weight is 260 g/mol. The summed E-state index contributed by atoms with van der Waals surface area (Å²) in [6, 6.07) is 6.18. The molecule has 1 heterocycles. The maximum absolute atomic E-state index is 5.86. The Morgan fingerprint density at radius 2 is 1.84 bits per heavy atom. The summed E-state index contributed by atoms with van der Waals surface area (Å²) in [7, 11) is 1.95. The van der Waals surface area contributed by atoms with Gasteiger partial charge in [0.25, 0.3) is 0 Å². The molecule has 1 aromatic carbocycles. The van der Waals surface area contributed by atoms with Crippen molar-refractivity contribution >= 4 is 0 Å². The van der Waals surface area contributed by atoms with Crippen LogP contribution in [-0.2, 0) is 13.2 Å². The third kappa shape index (κ3) is 3.35. The minimum atomic E-state index is 0.435. The van der Waals surface area contributed by atoms with Gasteiger partial charge in [-0.25, -0.2) is 0 Å². The number of nitrogens with zero attached hydrogens (tertiary/aromatic N) is 1. The molecule has 2 aromatic rings. The second-order valence-corrected chi connectivity index (χ2v) is 4.81. The van der Waals surface area contributed by atoms with Crippen molar-refractivity contribution in [3.05, 3.63) is 46.3 Å². The zero-order valence-electron chi connectivity index (χ0n) is 11.9. The molecule has 0 atom stereocenters. The molecule has 19 heavy (non-hydrogen) atoms. The molecule has 0 spiro atoms. The molecule has 0 bridgehead atoms. The molecule has 0 unspecified atom stereocenters. The van der Waals surface area contributed by atoms with E-state index in [0.717, 1.165) is 34.9 Å². The van der Waals surface area contributed by atoms with Crippen molar-refractivity contribution < 1.29 is 9.26 Å². The molecule has 0 amide bonds. The summed E-state index contributed by atoms with van der Waals surface area (Å²) in [5.74, 6) is 1.73. The molecule has 4 nitrogen and oxygen atoms in total. The van der Waals surface area contributed by atoms with Gasteiger partial charge in [0, 0.05) is 12.6 Å². The van der Waals surface area contributed by atoms with Gasteiger partial charge in [0.1, 0.15) is 23.8 Å². The number of hydrogen-bond donors (Lipinski definition) is 1. The average Bonchev–Trinajstić information content (AvgIpc) is 2.74. The fourth-order valence-corrected chi connectivity index (χ4v) is 2.21. The highest BCUT2D eigenvalue weighted by Crippen LogP contribution is 2.25. The Kier molecular flexibility index (Phi) is 4.22. The number of nitrogens with one attached hydrogen (secondary N) is 1. The van der Waals surface area contributed by atoms with Crippen LogP contribution >= 0.6 is 0 Å². The fraction of sp³-hybridized carbons (Fsp3) is 0.400. The van der Waals surface area contributed by atoms with Gasteiger partial charge in [0.15, 0.2) is 0 Å². The first-order valence-corrected chi connectivity index (χ1v) is 6.40. The quantitative estimate of drug-likeness (QED) is 0.898. The molecule has 0 radical (unpaired) electrons. The summed E-state index contributed by atoms with van der Waals surface area (Å²) in [6.07, 6.45) is 0. The molecule has 4 heteroatoms. The zero-order chi connectivity index (χ0) is 13.8. The van der Waals surface area contributed by atoms with E-state index in [1.807, 2.05) is 20.0 Å². The van der Waals surface area contributed by atoms with Crippen LogP contribution in [-0.4, -0.2) is 12.2 Å². The Hall–Kier alpha value is -1.81. The molecule has 0 aliphatic rings. The third-order valence-electron chi connectivity index (χ3n) is 2.94. The Morgan fingerprint density at radius 3 is 2.37 bits per heavy atom. The monoisotopic (exact) mass is 260 g/mol. The summed E-state index contributed by atoms with van der Waals surface area (Å²) >= 11 is 0. The molecular weight excluding hydrogens is 240 g/mol. The van der Waals surface area contributed by atoms with E-state index >= 15 is 0 Å². The Bertz CT molecular complexity index is 538. The predicted molar refractivity (Wildman–Crippen MR) is 74.3 cm³/mol. The van der Waals surface area contributed by atoms with Gasteiger partial charge < -0.3 is 14.6 Å². The fourth-order valence-electron chi connectivity index (χ4n) is 2.21. The van der Waals surface area contributed by atoms with Crippen LogP contribution in [0.1, 0.15) is 28.1 Å². The van der Waals surface area contributed by atoms with Crippen LogP contribution in [0.5, 0.6) is 5.75 Å². The first-order chi connectivity index (χ1) is 9.10. The number of benzene rings is 1. The molecule has 0 aliphatic carbocycles. The maximum Gasteiger partial charge on any atom is 0.134 e. The van der Waals surface area contributed by atoms with Crippen LogP contribution < -0.4 is 10.1 Å². The second-order valence-electron chi connectivity index (χ2n) is 4.81. The molecule has 0 saturated heterocycles. The van der Waals surface area contributed by atoms with Crippen molar-refractivity contribution in [2.75, 3.05) is 7.05 Å². The first-order valence-electron chi connectivity index (χ1n) is 6.40. The largest absolute Gasteiger partial charge is 0.487 e. The summed E-state index contributed by atoms with van der Waals surface area (Å²) in [4.78, 5) is 0. The van der Waals surface area contributed by atoms with E-state index in [0.29, 0.717) is 6.61 Å². The molecule has 0 fully saturated rings. The smallest absolute Gasteiger partial charge is 0.134 e. The number of ether oxygens (including phenoxy) is 1. The lowest BCUT2D eigenvalue weighted by atomic mass is 10.1. The number of aromatic nitrogens is 1. The zero-order valence-corrected chi connectivity index (χ0v) is 11.9. The van der Waals surface area contributed by atoms with Crippen molar-refractivity contribution in [1.82, 2.24) is 10.5 Å². The van der Waals surface area contributed by atoms with Gasteiger partial charge in [0.2, 0.25) is 0 Å². The number of rotatable bonds is 5. The lowest BCUT2D eigenvalue weighted by Crippen LogP contribution is -2.06. The van der Waals surface area contributed by atoms with Crippen molar-refractivity contribution in [2.24, 2.45) is 0 Å². The molecule has 0 aliphatic heterocycles. The molecule has 0 saturated carbocycles. The van der Waals surface area contributed by atoms with E-state index in [4.69, 9.17) is 9.26 Å². The minimum absolute atomic E-state index is 0.435. The molecule has 1 N–H and O–H groups in total. The van der Waals surface area contributed by atoms with Crippen LogP contribution in [0.3, 0.4) is 0 Å². The summed E-state index contributed by atoms with van der Waals surface area (Å²) in [6.45, 7) is 7.31. The first kappa shape index (κ1) is 13.6. The number of hydrogen-bond acceptors (Lipinski definition) is 4. The van der Waals surface area contributed by atoms with Crippen molar-refractivity contribution in [3.8, 4) is 5.75 Å². The van der Waals surface area contributed by atoms with Gasteiger partial charge in [0.05, 0.1) is 0 Å².